The summed E-state index contributed by atoms with van der Waals surface area (Å²) < 4.78 is 0. The van der Waals surface area contributed by atoms with E-state index in [2.05, 4.69) is 331 Å². The molecule has 0 aliphatic carbocycles. The average Bonchev–Trinajstić information content (AvgIpc) is 0.715. The van der Waals surface area contributed by atoms with Gasteiger partial charge in [0.25, 0.3) is 0 Å². The van der Waals surface area contributed by atoms with E-state index in [9.17, 15) is 0 Å². The number of aromatic nitrogens is 2. The van der Waals surface area contributed by atoms with E-state index in [0.29, 0.717) is 0 Å². The van der Waals surface area contributed by atoms with Crippen molar-refractivity contribution in [3.63, 3.8) is 0 Å². The molecule has 17 aromatic carbocycles. The molecule has 0 fully saturated rings. The van der Waals surface area contributed by atoms with E-state index in [0.717, 1.165) is 27.8 Å². The molecule has 2 nitrogen and oxygen atoms in total. The third-order valence-electron chi connectivity index (χ3n) is 19.4. The van der Waals surface area contributed by atoms with Gasteiger partial charge >= 0.3 is 0 Å². The van der Waals surface area contributed by atoms with Gasteiger partial charge in [-0.15, -0.1) is 0 Å². The Morgan fingerprint density at radius 1 is 0.188 bits per heavy atom. The molecule has 0 atom stereocenters. The molecule has 444 valence electrons. The van der Waals surface area contributed by atoms with Gasteiger partial charge in [-0.05, 0) is 242 Å². The zero-order chi connectivity index (χ0) is 63.5. The number of nitrogens with zero attached hydrogens (tertiary/aromatic N) is 2. The Kier molecular flexibility index (Phi) is 13.8. The first kappa shape index (κ1) is 56.0. The lowest BCUT2D eigenvalue weighted by Crippen LogP contribution is -1.93. The minimum absolute atomic E-state index is 0.899. The number of rotatable bonds is 6. The first-order chi connectivity index (χ1) is 47.6. The highest BCUT2D eigenvalue weighted by Crippen LogP contribution is 2.50. The number of pyridine rings is 2. The summed E-state index contributed by atoms with van der Waals surface area (Å²) in [5, 5.41) is 24.9. The summed E-state index contributed by atoms with van der Waals surface area (Å²) >= 11 is 0. The molecule has 0 bridgehead atoms. The van der Waals surface area contributed by atoms with Crippen molar-refractivity contribution in [3.05, 3.63) is 363 Å². The first-order valence-electron chi connectivity index (χ1n) is 32.8. The van der Waals surface area contributed by atoms with Crippen LogP contribution in [0.4, 0.5) is 0 Å². The molecular formula is C94H58N2. The largest absolute Gasteiger partial charge is 0.264 e. The van der Waals surface area contributed by atoms with Crippen LogP contribution in [-0.2, 0) is 0 Å². The monoisotopic (exact) mass is 1210 g/mol. The molecule has 19 aromatic rings. The van der Waals surface area contributed by atoms with Crippen LogP contribution in [0.1, 0.15) is 11.1 Å². The van der Waals surface area contributed by atoms with E-state index in [-0.39, 0.29) is 0 Å². The molecule has 0 saturated carbocycles. The lowest BCUT2D eigenvalue weighted by Gasteiger charge is -2.20. The Labute approximate surface area is 556 Å². The van der Waals surface area contributed by atoms with Gasteiger partial charge in [-0.2, -0.15) is 0 Å². The number of hydrogen-bond donors (Lipinski definition) is 0. The zero-order valence-corrected chi connectivity index (χ0v) is 52.4. The molecule has 0 amide bonds. The zero-order valence-electron chi connectivity index (χ0n) is 52.4. The maximum absolute atomic E-state index is 4.52. The molecule has 0 radical (unpaired) electrons. The minimum atomic E-state index is 0.899. The fourth-order valence-electron chi connectivity index (χ4n) is 14.9. The van der Waals surface area contributed by atoms with Gasteiger partial charge in [0.05, 0.1) is 0 Å². The second-order valence-electron chi connectivity index (χ2n) is 25.0. The molecule has 2 aromatic heterocycles. The van der Waals surface area contributed by atoms with Gasteiger partial charge in [0.15, 0.2) is 0 Å². The van der Waals surface area contributed by atoms with Crippen molar-refractivity contribution >= 4 is 108 Å². The van der Waals surface area contributed by atoms with Crippen LogP contribution in [0.25, 0.3) is 174 Å². The van der Waals surface area contributed by atoms with Crippen molar-refractivity contribution in [2.45, 2.75) is 0 Å². The fourth-order valence-corrected chi connectivity index (χ4v) is 14.9. The summed E-state index contributed by atoms with van der Waals surface area (Å²) in [4.78, 5) is 8.77. The Morgan fingerprint density at radius 2 is 0.573 bits per heavy atom. The van der Waals surface area contributed by atoms with Crippen LogP contribution in [0.15, 0.2) is 352 Å². The van der Waals surface area contributed by atoms with Crippen molar-refractivity contribution in [3.8, 4) is 78.6 Å². The molecule has 0 saturated heterocycles. The molecule has 2 heteroatoms. The van der Waals surface area contributed by atoms with Crippen LogP contribution >= 0.6 is 0 Å². The molecule has 0 aliphatic heterocycles. The molecule has 0 spiro atoms. The maximum Gasteiger partial charge on any atom is 0.0432 e. The normalized spacial score (nSPS) is 11.5. The second-order valence-corrected chi connectivity index (χ2v) is 25.0. The number of hydrogen-bond acceptors (Lipinski definition) is 2. The first-order valence-corrected chi connectivity index (χ1v) is 32.8. The van der Waals surface area contributed by atoms with Gasteiger partial charge in [-0.3, -0.25) is 9.97 Å². The predicted molar refractivity (Wildman–Crippen MR) is 409 cm³/mol. The summed E-state index contributed by atoms with van der Waals surface area (Å²) in [7, 11) is 0. The summed E-state index contributed by atoms with van der Waals surface area (Å²) in [6, 6.07) is 119. The molecule has 19 rings (SSSR count). The standard InChI is InChI=1S/2C47H29N/c1-3-12-32-24-35(21-19-30(32)10-1)46-39-17-7-8-18-40(39)47(36-22-20-31-11-2-4-13-33(31)25-36)45-28-43-41(37-15-9-23-48-29-37)26-34-14-5-6-16-38(34)42(43)27-44(45)46;1-3-14-36-28-39(23-21-33(36)11-1)46-42-17-7-8-18-43(42)47(40-24-22-34-12-2-4-15-37(34)29-40)45-30-38(25-26-44(45)46)41-16-6-5-13-35(41)20-19-32-10-9-27-48-31-32/h1-29H;1-18,21-31H. The van der Waals surface area contributed by atoms with Crippen molar-refractivity contribution in [1.29, 1.82) is 0 Å². The summed E-state index contributed by atoms with van der Waals surface area (Å²) in [5.74, 6) is 6.76. The van der Waals surface area contributed by atoms with Gasteiger partial charge in [0.1, 0.15) is 0 Å². The third kappa shape index (κ3) is 9.94. The molecule has 0 N–H and O–H groups in total. The fraction of sp³-hybridized carbons (Fsp3) is 0. The van der Waals surface area contributed by atoms with Gasteiger partial charge in [-0.25, -0.2) is 0 Å². The average molecular weight is 1220 g/mol. The minimum Gasteiger partial charge on any atom is -0.264 e. The smallest absolute Gasteiger partial charge is 0.0432 e. The van der Waals surface area contributed by atoms with E-state index >= 15 is 0 Å². The highest BCUT2D eigenvalue weighted by molar-refractivity contribution is 6.28. The van der Waals surface area contributed by atoms with E-state index < -0.39 is 0 Å². The number of benzene rings is 17. The van der Waals surface area contributed by atoms with Crippen LogP contribution in [-0.4, -0.2) is 9.97 Å². The van der Waals surface area contributed by atoms with E-state index in [1.54, 1.807) is 12.4 Å². The van der Waals surface area contributed by atoms with Gasteiger partial charge in [0, 0.05) is 41.5 Å². The lowest BCUT2D eigenvalue weighted by atomic mass is 9.83. The molecule has 2 heterocycles. The van der Waals surface area contributed by atoms with Crippen molar-refractivity contribution < 1.29 is 0 Å². The highest BCUT2D eigenvalue weighted by Gasteiger charge is 2.22. The quantitative estimate of drug-likeness (QED) is 0.0942. The lowest BCUT2D eigenvalue weighted by molar-refractivity contribution is 1.31. The van der Waals surface area contributed by atoms with Crippen molar-refractivity contribution in [2.24, 2.45) is 0 Å². The molecule has 96 heavy (non-hydrogen) atoms. The maximum atomic E-state index is 4.52. The number of fused-ring (bicyclic) bond motifs is 11. The summed E-state index contributed by atoms with van der Waals surface area (Å²) in [5.41, 5.74) is 16.4. The Bertz CT molecular complexity index is 6390. The highest BCUT2D eigenvalue weighted by atomic mass is 14.6. The Balaban J connectivity index is 0.000000140. The Morgan fingerprint density at radius 3 is 1.05 bits per heavy atom. The molecular weight excluding hydrogens is 1160 g/mol. The third-order valence-corrected chi connectivity index (χ3v) is 19.4. The van der Waals surface area contributed by atoms with Crippen LogP contribution in [0.5, 0.6) is 0 Å². The van der Waals surface area contributed by atoms with Crippen molar-refractivity contribution in [2.75, 3.05) is 0 Å². The van der Waals surface area contributed by atoms with Crippen LogP contribution in [0.3, 0.4) is 0 Å². The van der Waals surface area contributed by atoms with Gasteiger partial charge < -0.3 is 0 Å². The predicted octanol–water partition coefficient (Wildman–Crippen LogP) is 25.1. The van der Waals surface area contributed by atoms with E-state index in [4.69, 9.17) is 0 Å². The van der Waals surface area contributed by atoms with Crippen LogP contribution < -0.4 is 0 Å². The summed E-state index contributed by atoms with van der Waals surface area (Å²) in [6.07, 6.45) is 7.42. The second kappa shape index (κ2) is 23.7. The SMILES string of the molecule is C(#Cc1ccccc1-c1ccc2c(-c3ccc4ccccc4c3)c3ccccc3c(-c3ccc4ccccc4c3)c2c1)c1cccnc1.c1cncc(-c2cc3ccccc3c3cc4c(-c5ccc6ccccc6c5)c5ccccc5c(-c5ccc6ccccc6c5)c4cc23)c1. The van der Waals surface area contributed by atoms with Gasteiger partial charge in [-0.1, -0.05) is 267 Å². The van der Waals surface area contributed by atoms with E-state index in [1.807, 2.05) is 30.6 Å². The molecule has 0 unspecified atom stereocenters. The van der Waals surface area contributed by atoms with Crippen molar-refractivity contribution in [1.82, 2.24) is 9.97 Å². The van der Waals surface area contributed by atoms with Crippen LogP contribution in [0, 0.1) is 11.8 Å². The Hall–Kier alpha value is -12.8. The molecule has 0 aliphatic rings. The van der Waals surface area contributed by atoms with Gasteiger partial charge in [0.2, 0.25) is 0 Å². The topological polar surface area (TPSA) is 25.8 Å². The van der Waals surface area contributed by atoms with Crippen LogP contribution in [0.2, 0.25) is 0 Å². The van der Waals surface area contributed by atoms with E-state index in [1.165, 1.54) is 158 Å². The summed E-state index contributed by atoms with van der Waals surface area (Å²) in [6.45, 7) is 0.